The maximum Gasteiger partial charge on any atom is 0.411 e. The SMILES string of the molecule is CN=C(NCc1ccc(NC(=O)OC)cc1)NCC(C)Oc1cccc(C)c1.I. The molecule has 0 spiro atoms. The van der Waals surface area contributed by atoms with Crippen LogP contribution < -0.4 is 20.7 Å². The second-order valence-corrected chi connectivity index (χ2v) is 6.37. The number of aliphatic imine (C=N–C) groups is 1. The molecular formula is C21H29IN4O3. The number of hydrogen-bond acceptors (Lipinski definition) is 4. The second kappa shape index (κ2) is 12.9. The molecule has 0 aliphatic carbocycles. The number of nitrogens with zero attached hydrogens (tertiary/aromatic N) is 1. The summed E-state index contributed by atoms with van der Waals surface area (Å²) in [5, 5.41) is 9.14. The van der Waals surface area contributed by atoms with Crippen molar-refractivity contribution >= 4 is 41.7 Å². The molecule has 0 heterocycles. The van der Waals surface area contributed by atoms with Crippen molar-refractivity contribution in [3.63, 3.8) is 0 Å². The predicted octanol–water partition coefficient (Wildman–Crippen LogP) is 3.92. The van der Waals surface area contributed by atoms with Crippen LogP contribution in [0.25, 0.3) is 0 Å². The van der Waals surface area contributed by atoms with Crippen LogP contribution in [-0.4, -0.2) is 38.9 Å². The number of carbonyl (C=O) groups is 1. The Morgan fingerprint density at radius 2 is 1.86 bits per heavy atom. The molecule has 1 amide bonds. The average molecular weight is 512 g/mol. The summed E-state index contributed by atoms with van der Waals surface area (Å²) in [7, 11) is 3.06. The van der Waals surface area contributed by atoms with Crippen molar-refractivity contribution in [3.8, 4) is 5.75 Å². The first-order chi connectivity index (χ1) is 13.5. The van der Waals surface area contributed by atoms with Crippen molar-refractivity contribution in [2.45, 2.75) is 26.5 Å². The first kappa shape index (κ1) is 24.5. The van der Waals surface area contributed by atoms with Gasteiger partial charge in [0.05, 0.1) is 13.7 Å². The standard InChI is InChI=1S/C21H28N4O3.HI/c1-15-6-5-7-19(12-15)28-16(2)13-23-20(22-3)24-14-17-8-10-18(11-9-17)25-21(26)27-4;/h5-12,16H,13-14H2,1-4H3,(H,25,26)(H2,22,23,24);1H. The van der Waals surface area contributed by atoms with Crippen LogP contribution in [0.4, 0.5) is 10.5 Å². The zero-order valence-electron chi connectivity index (χ0n) is 17.2. The summed E-state index contributed by atoms with van der Waals surface area (Å²) in [6.07, 6.45) is -0.499. The van der Waals surface area contributed by atoms with Crippen molar-refractivity contribution < 1.29 is 14.3 Å². The van der Waals surface area contributed by atoms with Gasteiger partial charge >= 0.3 is 6.09 Å². The number of carbonyl (C=O) groups excluding carboxylic acids is 1. The molecule has 8 heteroatoms. The highest BCUT2D eigenvalue weighted by Crippen LogP contribution is 2.14. The number of halogens is 1. The minimum Gasteiger partial charge on any atom is -0.489 e. The average Bonchev–Trinajstić information content (AvgIpc) is 2.69. The quantitative estimate of drug-likeness (QED) is 0.298. The van der Waals surface area contributed by atoms with Gasteiger partial charge in [0.1, 0.15) is 11.9 Å². The number of anilines is 1. The summed E-state index contributed by atoms with van der Waals surface area (Å²) >= 11 is 0. The normalized spacial score (nSPS) is 11.7. The lowest BCUT2D eigenvalue weighted by Gasteiger charge is -2.18. The van der Waals surface area contributed by atoms with Crippen LogP contribution in [-0.2, 0) is 11.3 Å². The summed E-state index contributed by atoms with van der Waals surface area (Å²) in [5.41, 5.74) is 2.91. The molecule has 0 radical (unpaired) electrons. The molecule has 1 unspecified atom stereocenters. The lowest BCUT2D eigenvalue weighted by Crippen LogP contribution is -2.41. The highest BCUT2D eigenvalue weighted by Gasteiger charge is 2.06. The Hall–Kier alpha value is -2.49. The van der Waals surface area contributed by atoms with Gasteiger partial charge in [0.25, 0.3) is 0 Å². The lowest BCUT2D eigenvalue weighted by molar-refractivity contribution is 0.187. The Morgan fingerprint density at radius 3 is 2.48 bits per heavy atom. The Bertz CT molecular complexity index is 797. The fourth-order valence-electron chi connectivity index (χ4n) is 2.48. The summed E-state index contributed by atoms with van der Waals surface area (Å²) in [4.78, 5) is 15.4. The smallest absolute Gasteiger partial charge is 0.411 e. The van der Waals surface area contributed by atoms with Gasteiger partial charge in [-0.25, -0.2) is 4.79 Å². The van der Waals surface area contributed by atoms with Crippen molar-refractivity contribution in [1.29, 1.82) is 0 Å². The summed E-state index contributed by atoms with van der Waals surface area (Å²) < 4.78 is 10.5. The molecule has 0 fully saturated rings. The zero-order valence-corrected chi connectivity index (χ0v) is 19.5. The molecule has 3 N–H and O–H groups in total. The fraction of sp³-hybridized carbons (Fsp3) is 0.333. The van der Waals surface area contributed by atoms with E-state index in [2.05, 4.69) is 25.7 Å². The molecule has 0 saturated heterocycles. The van der Waals surface area contributed by atoms with Crippen LogP contribution in [0.15, 0.2) is 53.5 Å². The van der Waals surface area contributed by atoms with E-state index in [4.69, 9.17) is 4.74 Å². The molecule has 0 bridgehead atoms. The van der Waals surface area contributed by atoms with Crippen LogP contribution in [0.3, 0.4) is 0 Å². The first-order valence-corrected chi connectivity index (χ1v) is 9.12. The predicted molar refractivity (Wildman–Crippen MR) is 127 cm³/mol. The van der Waals surface area contributed by atoms with Crippen molar-refractivity contribution in [3.05, 3.63) is 59.7 Å². The van der Waals surface area contributed by atoms with Gasteiger partial charge in [-0.2, -0.15) is 0 Å². The van der Waals surface area contributed by atoms with E-state index in [1.54, 1.807) is 7.05 Å². The number of aryl methyl sites for hydroxylation is 1. The summed E-state index contributed by atoms with van der Waals surface area (Å²) in [5.74, 6) is 1.55. The van der Waals surface area contributed by atoms with Gasteiger partial charge < -0.3 is 20.1 Å². The van der Waals surface area contributed by atoms with E-state index >= 15 is 0 Å². The van der Waals surface area contributed by atoms with Gasteiger partial charge in [0.2, 0.25) is 0 Å². The number of nitrogens with one attached hydrogen (secondary N) is 3. The molecule has 2 rings (SSSR count). The monoisotopic (exact) mass is 512 g/mol. The van der Waals surface area contributed by atoms with E-state index in [-0.39, 0.29) is 30.1 Å². The number of methoxy groups -OCH3 is 1. The highest BCUT2D eigenvalue weighted by atomic mass is 127. The van der Waals surface area contributed by atoms with Crippen molar-refractivity contribution in [1.82, 2.24) is 10.6 Å². The number of ether oxygens (including phenoxy) is 2. The van der Waals surface area contributed by atoms with Crippen LogP contribution in [0.2, 0.25) is 0 Å². The van der Waals surface area contributed by atoms with Crippen LogP contribution in [0.1, 0.15) is 18.1 Å². The topological polar surface area (TPSA) is 84.0 Å². The molecule has 1 atom stereocenters. The Balaban J connectivity index is 0.00000420. The lowest BCUT2D eigenvalue weighted by atomic mass is 10.2. The Labute approximate surface area is 189 Å². The number of benzene rings is 2. The number of rotatable bonds is 7. The second-order valence-electron chi connectivity index (χ2n) is 6.37. The number of hydrogen-bond donors (Lipinski definition) is 3. The minimum absolute atomic E-state index is 0. The van der Waals surface area contributed by atoms with Gasteiger partial charge in [-0.15, -0.1) is 24.0 Å². The molecule has 2 aromatic carbocycles. The Kier molecular flexibility index (Phi) is 10.9. The molecule has 0 saturated carbocycles. The highest BCUT2D eigenvalue weighted by molar-refractivity contribution is 14.0. The Morgan fingerprint density at radius 1 is 1.14 bits per heavy atom. The van der Waals surface area contributed by atoms with E-state index < -0.39 is 6.09 Å². The van der Waals surface area contributed by atoms with Crippen LogP contribution in [0.5, 0.6) is 5.75 Å². The van der Waals surface area contributed by atoms with Gasteiger partial charge in [-0.05, 0) is 49.2 Å². The van der Waals surface area contributed by atoms with Gasteiger partial charge in [-0.1, -0.05) is 24.3 Å². The van der Waals surface area contributed by atoms with E-state index in [9.17, 15) is 4.79 Å². The molecule has 0 aromatic heterocycles. The van der Waals surface area contributed by atoms with Crippen molar-refractivity contribution in [2.75, 3.05) is 26.0 Å². The number of guanidine groups is 1. The van der Waals surface area contributed by atoms with Crippen molar-refractivity contribution in [2.24, 2.45) is 4.99 Å². The van der Waals surface area contributed by atoms with E-state index in [0.29, 0.717) is 24.7 Å². The molecule has 158 valence electrons. The molecule has 7 nitrogen and oxygen atoms in total. The van der Waals surface area contributed by atoms with Gasteiger partial charge in [0, 0.05) is 19.3 Å². The third-order valence-electron chi connectivity index (χ3n) is 3.95. The number of amides is 1. The fourth-order valence-corrected chi connectivity index (χ4v) is 2.48. The molecule has 0 aliphatic heterocycles. The van der Waals surface area contributed by atoms with Gasteiger partial charge in [-0.3, -0.25) is 10.3 Å². The van der Waals surface area contributed by atoms with Crippen LogP contribution in [0, 0.1) is 6.92 Å². The third-order valence-corrected chi connectivity index (χ3v) is 3.95. The minimum atomic E-state index is -0.488. The summed E-state index contributed by atoms with van der Waals surface area (Å²) in [6.45, 7) is 5.27. The van der Waals surface area contributed by atoms with Crippen LogP contribution >= 0.6 is 24.0 Å². The molecular weight excluding hydrogens is 483 g/mol. The zero-order chi connectivity index (χ0) is 20.4. The molecule has 2 aromatic rings. The largest absolute Gasteiger partial charge is 0.489 e. The van der Waals surface area contributed by atoms with E-state index in [1.807, 2.05) is 62.4 Å². The van der Waals surface area contributed by atoms with E-state index in [0.717, 1.165) is 11.3 Å². The molecule has 29 heavy (non-hydrogen) atoms. The maximum atomic E-state index is 11.2. The maximum absolute atomic E-state index is 11.2. The molecule has 0 aliphatic rings. The first-order valence-electron chi connectivity index (χ1n) is 9.12. The van der Waals surface area contributed by atoms with E-state index in [1.165, 1.54) is 12.7 Å². The van der Waals surface area contributed by atoms with Gasteiger partial charge in [0.15, 0.2) is 5.96 Å². The third kappa shape index (κ3) is 9.03. The summed E-state index contributed by atoms with van der Waals surface area (Å²) in [6, 6.07) is 15.5.